The summed E-state index contributed by atoms with van der Waals surface area (Å²) in [5.41, 5.74) is 0. The lowest BCUT2D eigenvalue weighted by atomic mass is 10.3. The molecule has 8 heteroatoms. The minimum Gasteiger partial charge on any atom is -0.354 e. The number of aromatic nitrogens is 3. The Morgan fingerprint density at radius 2 is 1.32 bits per heavy atom. The van der Waals surface area contributed by atoms with Crippen molar-refractivity contribution in [3.63, 3.8) is 0 Å². The number of rotatable bonds is 13. The van der Waals surface area contributed by atoms with Crippen LogP contribution in [0.4, 0.5) is 17.8 Å². The minimum absolute atomic E-state index is 0.355. The molecule has 25 heavy (non-hydrogen) atoms. The van der Waals surface area contributed by atoms with Crippen molar-refractivity contribution in [1.29, 1.82) is 10.5 Å². The van der Waals surface area contributed by atoms with Crippen LogP contribution in [-0.4, -0.2) is 41.1 Å². The summed E-state index contributed by atoms with van der Waals surface area (Å²) >= 11 is 0. The van der Waals surface area contributed by atoms with Gasteiger partial charge in [0, 0.05) is 26.2 Å². The fraction of sp³-hybridized carbons (Fsp3) is 0.706. The van der Waals surface area contributed by atoms with Gasteiger partial charge in [-0.2, -0.15) is 25.5 Å². The molecule has 2 N–H and O–H groups in total. The molecular weight excluding hydrogens is 316 g/mol. The molecule has 1 aromatic heterocycles. The average Bonchev–Trinajstić information content (AvgIpc) is 2.62. The first-order chi connectivity index (χ1) is 12.2. The fourth-order valence-corrected chi connectivity index (χ4v) is 2.10. The van der Waals surface area contributed by atoms with E-state index < -0.39 is 0 Å². The first-order valence-corrected chi connectivity index (χ1v) is 8.97. The van der Waals surface area contributed by atoms with Gasteiger partial charge in [-0.3, -0.25) is 0 Å². The zero-order valence-electron chi connectivity index (χ0n) is 15.3. The second-order valence-electron chi connectivity index (χ2n) is 5.65. The summed E-state index contributed by atoms with van der Waals surface area (Å²) in [7, 11) is 0. The van der Waals surface area contributed by atoms with Gasteiger partial charge in [-0.1, -0.05) is 26.7 Å². The van der Waals surface area contributed by atoms with E-state index in [0.717, 1.165) is 38.8 Å². The standard InChI is InChI=1S/C17H28N8/c1-3-5-11-20-15-22-16(21-12-6-4-2)24-17(23-15)25(13-7-9-18)14-8-10-19/h3-8,11-14H2,1-2H3,(H2,20,21,22,23,24). The zero-order valence-corrected chi connectivity index (χ0v) is 15.3. The van der Waals surface area contributed by atoms with Crippen LogP contribution in [0.1, 0.15) is 52.4 Å². The monoisotopic (exact) mass is 344 g/mol. The molecule has 0 aliphatic carbocycles. The predicted molar refractivity (Wildman–Crippen MR) is 99.3 cm³/mol. The average molecular weight is 344 g/mol. The largest absolute Gasteiger partial charge is 0.354 e. The highest BCUT2D eigenvalue weighted by Gasteiger charge is 2.13. The molecule has 1 heterocycles. The maximum Gasteiger partial charge on any atom is 0.232 e. The molecule has 0 spiro atoms. The van der Waals surface area contributed by atoms with Gasteiger partial charge in [0.05, 0.1) is 25.0 Å². The lowest BCUT2D eigenvalue weighted by molar-refractivity contribution is 0.755. The number of hydrogen-bond donors (Lipinski definition) is 2. The molecule has 1 rings (SSSR count). The smallest absolute Gasteiger partial charge is 0.232 e. The Kier molecular flexibility index (Phi) is 10.4. The Morgan fingerprint density at radius 3 is 1.72 bits per heavy atom. The van der Waals surface area contributed by atoms with Gasteiger partial charge < -0.3 is 15.5 Å². The van der Waals surface area contributed by atoms with Gasteiger partial charge in [-0.05, 0) is 12.8 Å². The maximum absolute atomic E-state index is 8.86. The number of unbranched alkanes of at least 4 members (excludes halogenated alkanes) is 2. The summed E-state index contributed by atoms with van der Waals surface area (Å²) in [6.45, 7) is 6.83. The first kappa shape index (κ1) is 20.4. The molecule has 0 aliphatic heterocycles. The van der Waals surface area contributed by atoms with Crippen LogP contribution in [-0.2, 0) is 0 Å². The third kappa shape index (κ3) is 8.16. The summed E-state index contributed by atoms with van der Waals surface area (Å²) in [5, 5.41) is 24.2. The van der Waals surface area contributed by atoms with E-state index in [9.17, 15) is 0 Å². The molecule has 0 aliphatic rings. The summed E-state index contributed by atoms with van der Waals surface area (Å²) in [6, 6.07) is 4.26. The van der Waals surface area contributed by atoms with Gasteiger partial charge in [-0.15, -0.1) is 0 Å². The molecule has 0 saturated heterocycles. The second-order valence-corrected chi connectivity index (χ2v) is 5.65. The first-order valence-electron chi connectivity index (χ1n) is 8.97. The lowest BCUT2D eigenvalue weighted by Gasteiger charge is -2.21. The molecule has 8 nitrogen and oxygen atoms in total. The van der Waals surface area contributed by atoms with Gasteiger partial charge in [0.25, 0.3) is 0 Å². The molecule has 136 valence electrons. The van der Waals surface area contributed by atoms with Crippen LogP contribution < -0.4 is 15.5 Å². The highest BCUT2D eigenvalue weighted by Crippen LogP contribution is 2.15. The molecule has 0 fully saturated rings. The molecule has 0 amide bonds. The van der Waals surface area contributed by atoms with Gasteiger partial charge >= 0.3 is 0 Å². The molecule has 0 atom stereocenters. The third-order valence-corrected chi connectivity index (χ3v) is 3.52. The Hall–Kier alpha value is -2.61. The number of anilines is 3. The highest BCUT2D eigenvalue weighted by molar-refractivity contribution is 5.44. The Morgan fingerprint density at radius 1 is 0.840 bits per heavy atom. The van der Waals surface area contributed by atoms with Gasteiger partial charge in [0.1, 0.15) is 0 Å². The molecule has 0 aromatic carbocycles. The van der Waals surface area contributed by atoms with Crippen molar-refractivity contribution in [2.24, 2.45) is 0 Å². The Bertz CT molecular complexity index is 529. The fourth-order valence-electron chi connectivity index (χ4n) is 2.10. The van der Waals surface area contributed by atoms with Crippen LogP contribution in [0.2, 0.25) is 0 Å². The topological polar surface area (TPSA) is 114 Å². The van der Waals surface area contributed by atoms with Gasteiger partial charge in [0.2, 0.25) is 17.8 Å². The van der Waals surface area contributed by atoms with Crippen molar-refractivity contribution < 1.29 is 0 Å². The van der Waals surface area contributed by atoms with Crippen LogP contribution in [0.15, 0.2) is 0 Å². The summed E-state index contributed by atoms with van der Waals surface area (Å²) in [6.07, 6.45) is 4.95. The second kappa shape index (κ2) is 12.8. The van der Waals surface area contributed by atoms with E-state index in [1.807, 2.05) is 4.90 Å². The van der Waals surface area contributed by atoms with Crippen molar-refractivity contribution in [1.82, 2.24) is 15.0 Å². The minimum atomic E-state index is 0.355. The Balaban J connectivity index is 2.97. The van der Waals surface area contributed by atoms with Crippen molar-refractivity contribution in [2.45, 2.75) is 52.4 Å². The van der Waals surface area contributed by atoms with Crippen LogP contribution in [0.5, 0.6) is 0 Å². The number of nitrogens with one attached hydrogen (secondary N) is 2. The van der Waals surface area contributed by atoms with Gasteiger partial charge in [-0.25, -0.2) is 0 Å². The van der Waals surface area contributed by atoms with E-state index in [-0.39, 0.29) is 0 Å². The van der Waals surface area contributed by atoms with Crippen LogP contribution in [0.25, 0.3) is 0 Å². The van der Waals surface area contributed by atoms with E-state index >= 15 is 0 Å². The van der Waals surface area contributed by atoms with E-state index in [1.165, 1.54) is 0 Å². The Labute approximate surface area is 150 Å². The summed E-state index contributed by atoms with van der Waals surface area (Å²) in [5.74, 6) is 1.55. The van der Waals surface area contributed by atoms with E-state index in [1.54, 1.807) is 0 Å². The highest BCUT2D eigenvalue weighted by atomic mass is 15.3. The van der Waals surface area contributed by atoms with Crippen LogP contribution in [0, 0.1) is 22.7 Å². The molecule has 0 saturated carbocycles. The number of nitriles is 2. The third-order valence-electron chi connectivity index (χ3n) is 3.52. The van der Waals surface area contributed by atoms with Crippen molar-refractivity contribution in [2.75, 3.05) is 41.7 Å². The number of hydrogen-bond acceptors (Lipinski definition) is 8. The zero-order chi connectivity index (χ0) is 18.3. The molecule has 0 radical (unpaired) electrons. The summed E-state index contributed by atoms with van der Waals surface area (Å²) < 4.78 is 0. The maximum atomic E-state index is 8.86. The molecule has 1 aromatic rings. The summed E-state index contributed by atoms with van der Waals surface area (Å²) in [4.78, 5) is 15.2. The predicted octanol–water partition coefficient (Wildman–Crippen LogP) is 2.93. The number of nitrogens with zero attached hydrogens (tertiary/aromatic N) is 6. The van der Waals surface area contributed by atoms with Crippen molar-refractivity contribution >= 4 is 17.8 Å². The molecule has 0 unspecified atom stereocenters. The normalized spacial score (nSPS) is 9.92. The van der Waals surface area contributed by atoms with Crippen molar-refractivity contribution in [3.8, 4) is 12.1 Å². The quantitative estimate of drug-likeness (QED) is 0.525. The van der Waals surface area contributed by atoms with E-state index in [0.29, 0.717) is 43.8 Å². The van der Waals surface area contributed by atoms with Gasteiger partial charge in [0.15, 0.2) is 0 Å². The van der Waals surface area contributed by atoms with E-state index in [2.05, 4.69) is 51.6 Å². The SMILES string of the molecule is CCCCNc1nc(NCCCC)nc(N(CCC#N)CCC#N)n1. The lowest BCUT2D eigenvalue weighted by Crippen LogP contribution is -2.28. The van der Waals surface area contributed by atoms with Crippen LogP contribution >= 0.6 is 0 Å². The van der Waals surface area contributed by atoms with Crippen LogP contribution in [0.3, 0.4) is 0 Å². The van der Waals surface area contributed by atoms with E-state index in [4.69, 9.17) is 10.5 Å². The molecular formula is C17H28N8. The molecule has 0 bridgehead atoms. The van der Waals surface area contributed by atoms with Crippen molar-refractivity contribution in [3.05, 3.63) is 0 Å².